The molecular weight excluding hydrogens is 325 g/mol. The third-order valence-electron chi connectivity index (χ3n) is 5.08. The van der Waals surface area contributed by atoms with Crippen LogP contribution in [0.2, 0.25) is 0 Å². The van der Waals surface area contributed by atoms with E-state index < -0.39 is 0 Å². The molecule has 2 aromatic rings. The van der Waals surface area contributed by atoms with E-state index in [0.717, 1.165) is 12.1 Å². The van der Waals surface area contributed by atoms with E-state index in [9.17, 15) is 9.18 Å². The SMILES string of the molecule is O=C(C1CCN(c2ccccc2F)C1)N1CC(c2cc(CO)on2)C1. The molecule has 0 saturated carbocycles. The predicted molar refractivity (Wildman–Crippen MR) is 88.5 cm³/mol. The molecule has 0 radical (unpaired) electrons. The van der Waals surface area contributed by atoms with Gasteiger partial charge in [0.1, 0.15) is 12.4 Å². The van der Waals surface area contributed by atoms with Crippen LogP contribution in [0.25, 0.3) is 0 Å². The molecule has 6 nitrogen and oxygen atoms in total. The lowest BCUT2D eigenvalue weighted by Gasteiger charge is -2.39. The molecule has 1 amide bonds. The zero-order valence-electron chi connectivity index (χ0n) is 13.8. The fourth-order valence-corrected chi connectivity index (χ4v) is 3.59. The van der Waals surface area contributed by atoms with E-state index in [4.69, 9.17) is 9.63 Å². The summed E-state index contributed by atoms with van der Waals surface area (Å²) >= 11 is 0. The van der Waals surface area contributed by atoms with Crippen molar-refractivity contribution in [2.45, 2.75) is 18.9 Å². The molecule has 25 heavy (non-hydrogen) atoms. The maximum absolute atomic E-state index is 13.9. The first-order valence-corrected chi connectivity index (χ1v) is 8.50. The number of para-hydroxylation sites is 1. The number of amides is 1. The van der Waals surface area contributed by atoms with Gasteiger partial charge in [0.25, 0.3) is 0 Å². The number of aliphatic hydroxyl groups excluding tert-OH is 1. The summed E-state index contributed by atoms with van der Waals surface area (Å²) in [6, 6.07) is 8.42. The van der Waals surface area contributed by atoms with Crippen molar-refractivity contribution < 1.29 is 18.8 Å². The number of carbonyl (C=O) groups is 1. The summed E-state index contributed by atoms with van der Waals surface area (Å²) in [7, 11) is 0. The molecule has 1 N–H and O–H groups in total. The van der Waals surface area contributed by atoms with Crippen molar-refractivity contribution in [3.63, 3.8) is 0 Å². The molecule has 3 heterocycles. The summed E-state index contributed by atoms with van der Waals surface area (Å²) in [5.74, 6) is 0.394. The van der Waals surface area contributed by atoms with Gasteiger partial charge in [-0.3, -0.25) is 4.79 Å². The largest absolute Gasteiger partial charge is 0.388 e. The second-order valence-electron chi connectivity index (χ2n) is 6.70. The highest BCUT2D eigenvalue weighted by atomic mass is 19.1. The maximum Gasteiger partial charge on any atom is 0.227 e. The van der Waals surface area contributed by atoms with Crippen molar-refractivity contribution in [2.75, 3.05) is 31.1 Å². The molecule has 2 aliphatic heterocycles. The van der Waals surface area contributed by atoms with Crippen molar-refractivity contribution in [3.8, 4) is 0 Å². The Labute approximate surface area is 144 Å². The normalized spacial score (nSPS) is 20.8. The number of aromatic nitrogens is 1. The molecule has 4 rings (SSSR count). The number of benzene rings is 1. The second-order valence-corrected chi connectivity index (χ2v) is 6.70. The Morgan fingerprint density at radius 2 is 2.12 bits per heavy atom. The quantitative estimate of drug-likeness (QED) is 0.914. The standard InChI is InChI=1S/C18H20FN3O3/c19-15-3-1-2-4-17(15)21-6-5-12(8-21)18(24)22-9-13(10-22)16-7-14(11-23)25-20-16/h1-4,7,12-13,23H,5-6,8-11H2. The summed E-state index contributed by atoms with van der Waals surface area (Å²) in [4.78, 5) is 16.4. The number of hydrogen-bond acceptors (Lipinski definition) is 5. The average Bonchev–Trinajstić information content (AvgIpc) is 3.23. The van der Waals surface area contributed by atoms with Crippen LogP contribution in [0.4, 0.5) is 10.1 Å². The van der Waals surface area contributed by atoms with Gasteiger partial charge in [0.15, 0.2) is 5.76 Å². The molecule has 2 aliphatic rings. The summed E-state index contributed by atoms with van der Waals surface area (Å²) in [5, 5.41) is 13.0. The average molecular weight is 345 g/mol. The first kappa shape index (κ1) is 16.1. The third-order valence-corrected chi connectivity index (χ3v) is 5.08. The number of anilines is 1. The Morgan fingerprint density at radius 1 is 1.32 bits per heavy atom. The summed E-state index contributed by atoms with van der Waals surface area (Å²) < 4.78 is 18.9. The topological polar surface area (TPSA) is 69.8 Å². The van der Waals surface area contributed by atoms with Crippen molar-refractivity contribution in [3.05, 3.63) is 47.6 Å². The lowest BCUT2D eigenvalue weighted by atomic mass is 9.94. The molecule has 1 aromatic heterocycles. The molecule has 7 heteroatoms. The van der Waals surface area contributed by atoms with E-state index in [1.807, 2.05) is 15.9 Å². The van der Waals surface area contributed by atoms with Gasteiger partial charge in [0, 0.05) is 38.2 Å². The Kier molecular flexibility index (Phi) is 4.17. The van der Waals surface area contributed by atoms with Crippen LogP contribution >= 0.6 is 0 Å². The highest BCUT2D eigenvalue weighted by molar-refractivity contribution is 5.81. The van der Waals surface area contributed by atoms with Gasteiger partial charge >= 0.3 is 0 Å². The van der Waals surface area contributed by atoms with Crippen molar-refractivity contribution in [1.82, 2.24) is 10.1 Å². The predicted octanol–water partition coefficient (Wildman–Crippen LogP) is 1.76. The van der Waals surface area contributed by atoms with Gasteiger partial charge in [-0.1, -0.05) is 17.3 Å². The number of hydrogen-bond donors (Lipinski definition) is 1. The first-order chi connectivity index (χ1) is 12.2. The number of likely N-dealkylation sites (tertiary alicyclic amines) is 1. The Bertz CT molecular complexity index is 772. The van der Waals surface area contributed by atoms with Gasteiger partial charge in [0.05, 0.1) is 17.3 Å². The van der Waals surface area contributed by atoms with Gasteiger partial charge in [-0.15, -0.1) is 0 Å². The molecule has 0 aliphatic carbocycles. The minimum Gasteiger partial charge on any atom is -0.388 e. The highest BCUT2D eigenvalue weighted by Gasteiger charge is 2.39. The third kappa shape index (κ3) is 3.00. The van der Waals surface area contributed by atoms with E-state index in [1.54, 1.807) is 18.2 Å². The van der Waals surface area contributed by atoms with Crippen LogP contribution in [0.1, 0.15) is 23.8 Å². The lowest BCUT2D eigenvalue weighted by Crippen LogP contribution is -2.51. The number of nitrogens with zero attached hydrogens (tertiary/aromatic N) is 3. The second kappa shape index (κ2) is 6.48. The summed E-state index contributed by atoms with van der Waals surface area (Å²) in [6.45, 7) is 2.31. The van der Waals surface area contributed by atoms with Crippen LogP contribution in [-0.2, 0) is 11.4 Å². The van der Waals surface area contributed by atoms with Gasteiger partial charge in [-0.05, 0) is 18.6 Å². The zero-order valence-corrected chi connectivity index (χ0v) is 13.8. The van der Waals surface area contributed by atoms with Crippen molar-refractivity contribution in [2.24, 2.45) is 5.92 Å². The zero-order chi connectivity index (χ0) is 17.4. The Balaban J connectivity index is 1.33. The Hall–Kier alpha value is -2.41. The molecule has 0 spiro atoms. The fraction of sp³-hybridized carbons (Fsp3) is 0.444. The van der Waals surface area contributed by atoms with E-state index in [0.29, 0.717) is 37.6 Å². The van der Waals surface area contributed by atoms with E-state index in [-0.39, 0.29) is 30.2 Å². The van der Waals surface area contributed by atoms with Crippen LogP contribution < -0.4 is 4.90 Å². The Morgan fingerprint density at radius 3 is 2.84 bits per heavy atom. The van der Waals surface area contributed by atoms with Crippen molar-refractivity contribution >= 4 is 11.6 Å². The van der Waals surface area contributed by atoms with Gasteiger partial charge < -0.3 is 19.4 Å². The number of aliphatic hydroxyl groups is 1. The minimum absolute atomic E-state index is 0.0918. The van der Waals surface area contributed by atoms with E-state index in [1.165, 1.54) is 6.07 Å². The molecule has 132 valence electrons. The number of carbonyl (C=O) groups excluding carboxylic acids is 1. The van der Waals surface area contributed by atoms with Gasteiger partial charge in [-0.2, -0.15) is 0 Å². The van der Waals surface area contributed by atoms with Crippen LogP contribution in [0.3, 0.4) is 0 Å². The monoisotopic (exact) mass is 345 g/mol. The molecule has 1 atom stereocenters. The molecule has 1 aromatic carbocycles. The fourth-order valence-electron chi connectivity index (χ4n) is 3.59. The first-order valence-electron chi connectivity index (χ1n) is 8.50. The maximum atomic E-state index is 13.9. The minimum atomic E-state index is -0.245. The summed E-state index contributed by atoms with van der Waals surface area (Å²) in [6.07, 6.45) is 0.743. The molecule has 2 saturated heterocycles. The lowest BCUT2D eigenvalue weighted by molar-refractivity contribution is -0.139. The summed E-state index contributed by atoms with van der Waals surface area (Å²) in [5.41, 5.74) is 1.35. The number of halogens is 1. The number of rotatable bonds is 4. The van der Waals surface area contributed by atoms with Gasteiger partial charge in [-0.25, -0.2) is 4.39 Å². The van der Waals surface area contributed by atoms with Crippen LogP contribution in [0.5, 0.6) is 0 Å². The van der Waals surface area contributed by atoms with Crippen LogP contribution in [-0.4, -0.2) is 47.2 Å². The molecule has 1 unspecified atom stereocenters. The van der Waals surface area contributed by atoms with E-state index >= 15 is 0 Å². The van der Waals surface area contributed by atoms with Gasteiger partial charge in [0.2, 0.25) is 5.91 Å². The molecule has 0 bridgehead atoms. The van der Waals surface area contributed by atoms with Crippen molar-refractivity contribution in [1.29, 1.82) is 0 Å². The van der Waals surface area contributed by atoms with Crippen LogP contribution in [0, 0.1) is 11.7 Å². The van der Waals surface area contributed by atoms with E-state index in [2.05, 4.69) is 5.16 Å². The molecule has 2 fully saturated rings. The highest BCUT2D eigenvalue weighted by Crippen LogP contribution is 2.32. The smallest absolute Gasteiger partial charge is 0.227 e. The van der Waals surface area contributed by atoms with Crippen LogP contribution in [0.15, 0.2) is 34.9 Å². The molecular formula is C18H20FN3O3.